The summed E-state index contributed by atoms with van der Waals surface area (Å²) >= 11 is 0. The maximum atomic E-state index is 8.75. The molecule has 0 radical (unpaired) electrons. The summed E-state index contributed by atoms with van der Waals surface area (Å²) in [7, 11) is 0. The van der Waals surface area contributed by atoms with Crippen LogP contribution >= 0.6 is 0 Å². The molecule has 0 aliphatic carbocycles. The monoisotopic (exact) mass is 244 g/mol. The Hall–Kier alpha value is -2.34. The minimum absolute atomic E-state index is 0.0909. The first kappa shape index (κ1) is 13.7. The second kappa shape index (κ2) is 5.33. The molecule has 1 aromatic rings. The highest BCUT2D eigenvalue weighted by molar-refractivity contribution is 5.49. The molecular formula is C12H16N6. The first-order valence-corrected chi connectivity index (χ1v) is 5.52. The van der Waals surface area contributed by atoms with Crippen molar-refractivity contribution in [2.45, 2.75) is 26.2 Å². The molecule has 1 heterocycles. The first-order chi connectivity index (χ1) is 8.38. The summed E-state index contributed by atoms with van der Waals surface area (Å²) in [6.07, 6.45) is 0. The summed E-state index contributed by atoms with van der Waals surface area (Å²) in [6.45, 7) is 6.11. The molecule has 1 aromatic heterocycles. The molecule has 0 bridgehead atoms. The molecule has 0 saturated carbocycles. The minimum atomic E-state index is -0.241. The van der Waals surface area contributed by atoms with Gasteiger partial charge in [0.2, 0.25) is 0 Å². The Labute approximate surface area is 107 Å². The fourth-order valence-electron chi connectivity index (χ4n) is 1.34. The van der Waals surface area contributed by atoms with E-state index in [4.69, 9.17) is 16.3 Å². The van der Waals surface area contributed by atoms with Crippen LogP contribution in [0.15, 0.2) is 6.07 Å². The van der Waals surface area contributed by atoms with E-state index in [0.29, 0.717) is 17.5 Å². The van der Waals surface area contributed by atoms with Crippen LogP contribution < -0.4 is 10.6 Å². The molecule has 2 N–H and O–H groups in total. The molecule has 0 spiro atoms. The molecule has 0 atom stereocenters. The van der Waals surface area contributed by atoms with Crippen LogP contribution in [0.1, 0.15) is 26.6 Å². The standard InChI is InChI=1S/C12H16N6/c1-12(2,3)11-16-9(15)8-10(17-11)18(6-4-13)7-5-14/h8H,6-7H2,1-3H3,(H2,15,16,17). The Morgan fingerprint density at radius 1 is 1.22 bits per heavy atom. The van der Waals surface area contributed by atoms with Gasteiger partial charge < -0.3 is 10.6 Å². The van der Waals surface area contributed by atoms with E-state index in [9.17, 15) is 0 Å². The molecule has 6 nitrogen and oxygen atoms in total. The van der Waals surface area contributed by atoms with E-state index in [1.807, 2.05) is 32.9 Å². The van der Waals surface area contributed by atoms with E-state index in [2.05, 4.69) is 9.97 Å². The minimum Gasteiger partial charge on any atom is -0.384 e. The van der Waals surface area contributed by atoms with Crippen molar-refractivity contribution in [3.8, 4) is 12.1 Å². The van der Waals surface area contributed by atoms with Crippen molar-refractivity contribution in [1.29, 1.82) is 10.5 Å². The average molecular weight is 244 g/mol. The molecule has 18 heavy (non-hydrogen) atoms. The third-order valence-corrected chi connectivity index (χ3v) is 2.25. The Bertz CT molecular complexity index is 487. The lowest BCUT2D eigenvalue weighted by Crippen LogP contribution is -2.27. The zero-order valence-electron chi connectivity index (χ0n) is 10.8. The smallest absolute Gasteiger partial charge is 0.138 e. The Morgan fingerprint density at radius 2 is 1.78 bits per heavy atom. The number of aromatic nitrogens is 2. The van der Waals surface area contributed by atoms with Crippen LogP contribution in [0.2, 0.25) is 0 Å². The third-order valence-electron chi connectivity index (χ3n) is 2.25. The van der Waals surface area contributed by atoms with Gasteiger partial charge in [-0.2, -0.15) is 10.5 Å². The summed E-state index contributed by atoms with van der Waals surface area (Å²) < 4.78 is 0. The van der Waals surface area contributed by atoms with Gasteiger partial charge in [0.1, 0.15) is 30.5 Å². The third kappa shape index (κ3) is 3.33. The van der Waals surface area contributed by atoms with Crippen LogP contribution in [0, 0.1) is 22.7 Å². The Balaban J connectivity index is 3.20. The van der Waals surface area contributed by atoms with E-state index in [0.717, 1.165) is 0 Å². The molecule has 6 heteroatoms. The van der Waals surface area contributed by atoms with Gasteiger partial charge in [0.15, 0.2) is 0 Å². The Morgan fingerprint density at radius 3 is 2.22 bits per heavy atom. The molecule has 0 aliphatic rings. The summed E-state index contributed by atoms with van der Waals surface area (Å²) in [5.74, 6) is 1.44. The average Bonchev–Trinajstić information content (AvgIpc) is 2.27. The van der Waals surface area contributed by atoms with Gasteiger partial charge >= 0.3 is 0 Å². The predicted octanol–water partition coefficient (Wildman–Crippen LogP) is 1.21. The lowest BCUT2D eigenvalue weighted by atomic mass is 9.96. The van der Waals surface area contributed by atoms with Crippen molar-refractivity contribution in [1.82, 2.24) is 9.97 Å². The highest BCUT2D eigenvalue weighted by atomic mass is 15.2. The number of nitrogen functional groups attached to an aromatic ring is 1. The van der Waals surface area contributed by atoms with Gasteiger partial charge in [-0.3, -0.25) is 0 Å². The first-order valence-electron chi connectivity index (χ1n) is 5.52. The van der Waals surface area contributed by atoms with E-state index in [1.54, 1.807) is 11.0 Å². The second-order valence-corrected chi connectivity index (χ2v) is 4.90. The molecule has 0 aromatic carbocycles. The highest BCUT2D eigenvalue weighted by Gasteiger charge is 2.20. The van der Waals surface area contributed by atoms with Crippen LogP contribution in [-0.4, -0.2) is 23.1 Å². The van der Waals surface area contributed by atoms with Gasteiger partial charge in [-0.25, -0.2) is 9.97 Å². The van der Waals surface area contributed by atoms with Crippen LogP contribution in [0.25, 0.3) is 0 Å². The van der Waals surface area contributed by atoms with Crippen molar-refractivity contribution in [3.05, 3.63) is 11.9 Å². The van der Waals surface area contributed by atoms with Gasteiger partial charge in [-0.1, -0.05) is 20.8 Å². The van der Waals surface area contributed by atoms with Crippen LogP contribution in [-0.2, 0) is 5.41 Å². The zero-order chi connectivity index (χ0) is 13.8. The van der Waals surface area contributed by atoms with Crippen LogP contribution in [0.3, 0.4) is 0 Å². The van der Waals surface area contributed by atoms with Gasteiger partial charge in [0.25, 0.3) is 0 Å². The maximum absolute atomic E-state index is 8.75. The van der Waals surface area contributed by atoms with Crippen molar-refractivity contribution in [2.24, 2.45) is 0 Å². The molecular weight excluding hydrogens is 228 g/mol. The molecule has 0 fully saturated rings. The molecule has 0 unspecified atom stereocenters. The predicted molar refractivity (Wildman–Crippen MR) is 68.6 cm³/mol. The van der Waals surface area contributed by atoms with E-state index < -0.39 is 0 Å². The summed E-state index contributed by atoms with van der Waals surface area (Å²) in [4.78, 5) is 10.1. The van der Waals surface area contributed by atoms with E-state index in [-0.39, 0.29) is 18.5 Å². The molecule has 94 valence electrons. The van der Waals surface area contributed by atoms with Crippen molar-refractivity contribution in [3.63, 3.8) is 0 Å². The maximum Gasteiger partial charge on any atom is 0.138 e. The van der Waals surface area contributed by atoms with Crippen molar-refractivity contribution in [2.75, 3.05) is 23.7 Å². The van der Waals surface area contributed by atoms with Gasteiger partial charge in [0, 0.05) is 11.5 Å². The summed E-state index contributed by atoms with van der Waals surface area (Å²) in [5, 5.41) is 17.5. The van der Waals surface area contributed by atoms with Crippen LogP contribution in [0.5, 0.6) is 0 Å². The lowest BCUT2D eigenvalue weighted by molar-refractivity contribution is 0.545. The largest absolute Gasteiger partial charge is 0.384 e. The molecule has 1 rings (SSSR count). The second-order valence-electron chi connectivity index (χ2n) is 4.90. The SMILES string of the molecule is CC(C)(C)c1nc(N)cc(N(CC#N)CC#N)n1. The quantitative estimate of drug-likeness (QED) is 0.801. The molecule has 0 amide bonds. The topological polar surface area (TPSA) is 103 Å². The summed E-state index contributed by atoms with van der Waals surface area (Å²) in [6, 6.07) is 5.58. The number of anilines is 2. The van der Waals surface area contributed by atoms with Gasteiger partial charge in [-0.05, 0) is 0 Å². The van der Waals surface area contributed by atoms with E-state index >= 15 is 0 Å². The Kier molecular flexibility index (Phi) is 4.06. The number of hydrogen-bond acceptors (Lipinski definition) is 6. The van der Waals surface area contributed by atoms with Gasteiger partial charge in [0.05, 0.1) is 12.1 Å². The zero-order valence-corrected chi connectivity index (χ0v) is 10.8. The van der Waals surface area contributed by atoms with Crippen molar-refractivity contribution < 1.29 is 0 Å². The fraction of sp³-hybridized carbons (Fsp3) is 0.500. The highest BCUT2D eigenvalue weighted by Crippen LogP contribution is 2.22. The lowest BCUT2D eigenvalue weighted by Gasteiger charge is -2.22. The number of nitrogens with two attached hydrogens (primary N) is 1. The number of nitrogens with zero attached hydrogens (tertiary/aromatic N) is 5. The molecule has 0 aliphatic heterocycles. The van der Waals surface area contributed by atoms with Crippen LogP contribution in [0.4, 0.5) is 11.6 Å². The number of hydrogen-bond donors (Lipinski definition) is 1. The summed E-state index contributed by atoms with van der Waals surface area (Å²) in [5.41, 5.74) is 5.50. The van der Waals surface area contributed by atoms with Crippen molar-refractivity contribution >= 4 is 11.6 Å². The van der Waals surface area contributed by atoms with Gasteiger partial charge in [-0.15, -0.1) is 0 Å². The number of nitriles is 2. The fourth-order valence-corrected chi connectivity index (χ4v) is 1.34. The number of rotatable bonds is 3. The van der Waals surface area contributed by atoms with E-state index in [1.165, 1.54) is 0 Å². The molecule has 0 saturated heterocycles. The normalized spacial score (nSPS) is 10.5.